The predicted octanol–water partition coefficient (Wildman–Crippen LogP) is 2.53. The molecule has 2 aromatic heterocycles. The molecule has 2 heterocycles. The van der Waals surface area contributed by atoms with E-state index in [4.69, 9.17) is 11.5 Å². The van der Waals surface area contributed by atoms with Gasteiger partial charge in [-0.05, 0) is 24.7 Å². The van der Waals surface area contributed by atoms with E-state index in [2.05, 4.69) is 10.7 Å². The number of nitrogens with two attached hydrogens (primary N) is 3. The number of fused-ring (bicyclic) bond motifs is 1. The summed E-state index contributed by atoms with van der Waals surface area (Å²) >= 11 is 1.08. The zero-order valence-electron chi connectivity index (χ0n) is 12.7. The van der Waals surface area contributed by atoms with Crippen molar-refractivity contribution in [2.75, 3.05) is 18.5 Å². The number of thiophene rings is 1. The van der Waals surface area contributed by atoms with Crippen molar-refractivity contribution in [1.82, 2.24) is 4.98 Å². The summed E-state index contributed by atoms with van der Waals surface area (Å²) in [5, 5.41) is 9.82. The second-order valence-corrected chi connectivity index (χ2v) is 5.58. The molecule has 0 unspecified atom stereocenters. The van der Waals surface area contributed by atoms with Crippen LogP contribution in [0.25, 0.3) is 21.3 Å². The highest BCUT2D eigenvalue weighted by Crippen LogP contribution is 2.41. The number of aldehydes is 1. The Labute approximate surface area is 141 Å². The summed E-state index contributed by atoms with van der Waals surface area (Å²) in [6, 6.07) is 7.73. The van der Waals surface area contributed by atoms with Gasteiger partial charge in [-0.2, -0.15) is 5.26 Å². The molecule has 3 aromatic rings. The van der Waals surface area contributed by atoms with Crippen LogP contribution in [0.1, 0.15) is 15.2 Å². The van der Waals surface area contributed by atoms with Crippen LogP contribution in [0.3, 0.4) is 0 Å². The Morgan fingerprint density at radius 3 is 2.62 bits per heavy atom. The lowest BCUT2D eigenvalue weighted by atomic mass is 9.97. The zero-order chi connectivity index (χ0) is 17.9. The van der Waals surface area contributed by atoms with E-state index in [-0.39, 0.29) is 17.1 Å². The summed E-state index contributed by atoms with van der Waals surface area (Å²) in [5.74, 6) is -0.428. The van der Waals surface area contributed by atoms with Gasteiger partial charge in [0.1, 0.15) is 28.1 Å². The first kappa shape index (κ1) is 17.3. The SMILES string of the molecule is CN.N#Cc1c(N)nc2sc(C=O)c(N)c2c1-c1cccc(F)c1. The molecule has 6 nitrogen and oxygen atoms in total. The fraction of sp³-hybridized carbons (Fsp3) is 0.0625. The molecule has 3 rings (SSSR count). The van der Waals surface area contributed by atoms with Crippen LogP contribution in [0.4, 0.5) is 15.9 Å². The second kappa shape index (κ2) is 7.04. The summed E-state index contributed by atoms with van der Waals surface area (Å²) in [4.78, 5) is 16.0. The molecule has 0 aliphatic carbocycles. The summed E-state index contributed by atoms with van der Waals surface area (Å²) in [7, 11) is 1.50. The maximum Gasteiger partial charge on any atom is 0.162 e. The molecule has 0 aliphatic rings. The van der Waals surface area contributed by atoms with Crippen molar-refractivity contribution in [3.63, 3.8) is 0 Å². The largest absolute Gasteiger partial charge is 0.397 e. The van der Waals surface area contributed by atoms with Gasteiger partial charge < -0.3 is 17.2 Å². The van der Waals surface area contributed by atoms with Crippen molar-refractivity contribution in [3.05, 3.63) is 40.5 Å². The molecule has 0 aliphatic heterocycles. The van der Waals surface area contributed by atoms with E-state index in [1.54, 1.807) is 6.07 Å². The third-order valence-electron chi connectivity index (χ3n) is 3.27. The molecule has 8 heteroatoms. The quantitative estimate of drug-likeness (QED) is 0.613. The van der Waals surface area contributed by atoms with Crippen LogP contribution >= 0.6 is 11.3 Å². The summed E-state index contributed by atoms with van der Waals surface area (Å²) < 4.78 is 13.5. The number of nitriles is 1. The molecule has 0 amide bonds. The Balaban J connectivity index is 0.00000100. The van der Waals surface area contributed by atoms with Gasteiger partial charge in [0.15, 0.2) is 6.29 Å². The Hall–Kier alpha value is -3.02. The molecule has 0 spiro atoms. The molecular weight excluding hydrogens is 329 g/mol. The third-order valence-corrected chi connectivity index (χ3v) is 4.29. The van der Waals surface area contributed by atoms with Crippen LogP contribution in [-0.2, 0) is 0 Å². The lowest BCUT2D eigenvalue weighted by Crippen LogP contribution is -1.99. The lowest BCUT2D eigenvalue weighted by molar-refractivity contribution is 0.112. The highest BCUT2D eigenvalue weighted by Gasteiger charge is 2.21. The van der Waals surface area contributed by atoms with E-state index in [0.29, 0.717) is 32.5 Å². The van der Waals surface area contributed by atoms with Crippen molar-refractivity contribution >= 4 is 39.3 Å². The number of benzene rings is 1. The van der Waals surface area contributed by atoms with E-state index in [1.807, 2.05) is 6.07 Å². The smallest absolute Gasteiger partial charge is 0.162 e. The monoisotopic (exact) mass is 343 g/mol. The van der Waals surface area contributed by atoms with E-state index >= 15 is 0 Å². The predicted molar refractivity (Wildman–Crippen MR) is 94.1 cm³/mol. The highest BCUT2D eigenvalue weighted by atomic mass is 32.1. The van der Waals surface area contributed by atoms with Crippen LogP contribution in [0.15, 0.2) is 24.3 Å². The maximum atomic E-state index is 13.5. The van der Waals surface area contributed by atoms with E-state index in [0.717, 1.165) is 11.3 Å². The molecule has 0 radical (unpaired) electrons. The summed E-state index contributed by atoms with van der Waals surface area (Å²) in [5.41, 5.74) is 17.5. The second-order valence-electron chi connectivity index (χ2n) is 4.55. The number of nitrogens with zero attached hydrogens (tertiary/aromatic N) is 2. The number of rotatable bonds is 2. The van der Waals surface area contributed by atoms with Gasteiger partial charge in [-0.25, -0.2) is 9.37 Å². The average Bonchev–Trinajstić information content (AvgIpc) is 2.91. The van der Waals surface area contributed by atoms with Gasteiger partial charge in [-0.1, -0.05) is 12.1 Å². The number of aromatic nitrogens is 1. The van der Waals surface area contributed by atoms with E-state index < -0.39 is 5.82 Å². The molecule has 0 bridgehead atoms. The van der Waals surface area contributed by atoms with Gasteiger partial charge in [-0.15, -0.1) is 11.3 Å². The Morgan fingerprint density at radius 2 is 2.04 bits per heavy atom. The van der Waals surface area contributed by atoms with Crippen LogP contribution in [0, 0.1) is 17.1 Å². The highest BCUT2D eigenvalue weighted by molar-refractivity contribution is 7.21. The summed E-state index contributed by atoms with van der Waals surface area (Å²) in [6.45, 7) is 0. The van der Waals surface area contributed by atoms with Crippen LogP contribution in [0.5, 0.6) is 0 Å². The molecule has 0 saturated carbocycles. The van der Waals surface area contributed by atoms with Gasteiger partial charge in [0.05, 0.1) is 10.6 Å². The number of carbonyl (C=O) groups excluding carboxylic acids is 1. The topological polar surface area (TPSA) is 132 Å². The van der Waals surface area contributed by atoms with E-state index in [9.17, 15) is 14.4 Å². The molecular formula is C16H14FN5OS. The number of anilines is 2. The number of halogens is 1. The first-order valence-electron chi connectivity index (χ1n) is 6.77. The fourth-order valence-electron chi connectivity index (χ4n) is 2.32. The molecule has 1 aromatic carbocycles. The maximum absolute atomic E-state index is 13.5. The Kier molecular flexibility index (Phi) is 5.08. The van der Waals surface area contributed by atoms with Crippen LogP contribution < -0.4 is 17.2 Å². The van der Waals surface area contributed by atoms with Crippen molar-refractivity contribution in [2.24, 2.45) is 5.73 Å². The molecule has 122 valence electrons. The van der Waals surface area contributed by atoms with Crippen molar-refractivity contribution in [3.8, 4) is 17.2 Å². The number of carbonyl (C=O) groups is 1. The summed E-state index contributed by atoms with van der Waals surface area (Å²) in [6.07, 6.45) is 0.624. The minimum atomic E-state index is -0.450. The van der Waals surface area contributed by atoms with Crippen molar-refractivity contribution in [2.45, 2.75) is 0 Å². The van der Waals surface area contributed by atoms with Crippen molar-refractivity contribution in [1.29, 1.82) is 5.26 Å². The minimum absolute atomic E-state index is 0.0213. The van der Waals surface area contributed by atoms with Gasteiger partial charge in [0.25, 0.3) is 0 Å². The Bertz CT molecular complexity index is 961. The van der Waals surface area contributed by atoms with Gasteiger partial charge >= 0.3 is 0 Å². The molecule has 0 atom stereocenters. The third kappa shape index (κ3) is 2.78. The first-order valence-corrected chi connectivity index (χ1v) is 7.58. The van der Waals surface area contributed by atoms with Gasteiger partial charge in [0.2, 0.25) is 0 Å². The normalized spacial score (nSPS) is 9.92. The first-order chi connectivity index (χ1) is 11.6. The van der Waals surface area contributed by atoms with Crippen LogP contribution in [0.2, 0.25) is 0 Å². The lowest BCUT2D eigenvalue weighted by Gasteiger charge is -2.09. The van der Waals surface area contributed by atoms with Gasteiger partial charge in [-0.3, -0.25) is 4.79 Å². The number of nitrogen functional groups attached to an aromatic ring is 2. The number of hydrogen-bond acceptors (Lipinski definition) is 7. The van der Waals surface area contributed by atoms with Crippen LogP contribution in [-0.4, -0.2) is 18.3 Å². The minimum Gasteiger partial charge on any atom is -0.397 e. The molecule has 24 heavy (non-hydrogen) atoms. The van der Waals surface area contributed by atoms with E-state index in [1.165, 1.54) is 25.2 Å². The Morgan fingerprint density at radius 1 is 1.33 bits per heavy atom. The molecule has 0 saturated heterocycles. The fourth-order valence-corrected chi connectivity index (χ4v) is 3.25. The number of pyridine rings is 1. The zero-order valence-corrected chi connectivity index (χ0v) is 13.5. The molecule has 6 N–H and O–H groups in total. The number of hydrogen-bond donors (Lipinski definition) is 3. The van der Waals surface area contributed by atoms with Gasteiger partial charge in [0, 0.05) is 10.9 Å². The average molecular weight is 343 g/mol. The standard InChI is InChI=1S/C15H9FN4OS.CH5N/c16-8-3-1-2-7(4-8)11-9(5-17)14(19)20-15-12(11)13(18)10(6-21)22-15;1-2/h1-4,6H,18H2,(H2,19,20);2H2,1H3. The van der Waals surface area contributed by atoms with Crippen molar-refractivity contribution < 1.29 is 9.18 Å². The molecule has 0 fully saturated rings.